The maximum atomic E-state index is 11.7. The van der Waals surface area contributed by atoms with Crippen molar-refractivity contribution in [3.05, 3.63) is 27.4 Å². The van der Waals surface area contributed by atoms with E-state index in [0.29, 0.717) is 6.04 Å². The van der Waals surface area contributed by atoms with Gasteiger partial charge in [0.05, 0.1) is 18.7 Å². The van der Waals surface area contributed by atoms with Crippen molar-refractivity contribution in [2.45, 2.75) is 40.7 Å². The molecule has 0 aliphatic carbocycles. The highest BCUT2D eigenvalue weighted by Gasteiger charge is 2.19. The Balaban J connectivity index is 3.69. The molecule has 0 bridgehead atoms. The molecule has 0 unspecified atom stereocenters. The van der Waals surface area contributed by atoms with E-state index in [1.165, 1.54) is 0 Å². The van der Waals surface area contributed by atoms with Crippen molar-refractivity contribution in [1.82, 2.24) is 4.57 Å². The Kier molecular flexibility index (Phi) is 2.79. The number of aromatic nitrogens is 2. The van der Waals surface area contributed by atoms with Gasteiger partial charge in [-0.25, -0.2) is 9.36 Å². The van der Waals surface area contributed by atoms with Crippen molar-refractivity contribution >= 4 is 0 Å². The van der Waals surface area contributed by atoms with E-state index in [2.05, 4.69) is 18.4 Å². The van der Waals surface area contributed by atoms with Crippen LogP contribution in [0.5, 0.6) is 0 Å². The first-order valence-corrected chi connectivity index (χ1v) is 4.96. The second kappa shape index (κ2) is 3.56. The zero-order chi connectivity index (χ0) is 11.0. The normalized spacial score (nSPS) is 11.1. The van der Waals surface area contributed by atoms with Crippen molar-refractivity contribution in [3.8, 4) is 0 Å². The van der Waals surface area contributed by atoms with Gasteiger partial charge in [-0.2, -0.15) is 4.57 Å². The first-order chi connectivity index (χ1) is 6.37. The van der Waals surface area contributed by atoms with Gasteiger partial charge in [-0.15, -0.1) is 0 Å². The minimum absolute atomic E-state index is 0.108. The second-order valence-corrected chi connectivity index (χ2v) is 4.09. The minimum atomic E-state index is 0.108. The van der Waals surface area contributed by atoms with Gasteiger partial charge in [0.2, 0.25) is 0 Å². The number of hydrogen-bond donors (Lipinski definition) is 0. The monoisotopic (exact) mass is 195 g/mol. The lowest BCUT2D eigenvalue weighted by molar-refractivity contribution is -0.732. The lowest BCUT2D eigenvalue weighted by Crippen LogP contribution is -2.49. The molecule has 78 valence electrons. The standard InChI is InChI=1S/C11H19N2O/c1-7(2)13-9(4)8(3)11(14)12(6)10(13)5/h7H,1-6H3/q+1. The van der Waals surface area contributed by atoms with E-state index in [1.807, 2.05) is 27.8 Å². The Morgan fingerprint density at radius 1 is 1.21 bits per heavy atom. The van der Waals surface area contributed by atoms with E-state index in [1.54, 1.807) is 4.57 Å². The van der Waals surface area contributed by atoms with Crippen molar-refractivity contribution in [1.29, 1.82) is 0 Å². The Bertz CT molecular complexity index is 384. The Morgan fingerprint density at radius 2 is 1.71 bits per heavy atom. The van der Waals surface area contributed by atoms with Crippen molar-refractivity contribution < 1.29 is 4.57 Å². The highest BCUT2D eigenvalue weighted by Crippen LogP contribution is 2.02. The molecule has 0 aromatic carbocycles. The average molecular weight is 195 g/mol. The zero-order valence-electron chi connectivity index (χ0n) is 9.88. The fourth-order valence-corrected chi connectivity index (χ4v) is 1.90. The lowest BCUT2D eigenvalue weighted by Gasteiger charge is -2.13. The fraction of sp³-hybridized carbons (Fsp3) is 0.636. The SMILES string of the molecule is Cc1c(C)[n+](C(C)C)c(C)n(C)c1=O. The number of nitrogens with zero attached hydrogens (tertiary/aromatic N) is 2. The van der Waals surface area contributed by atoms with Gasteiger partial charge in [0.1, 0.15) is 5.69 Å². The highest BCUT2D eigenvalue weighted by atomic mass is 16.1. The van der Waals surface area contributed by atoms with E-state index < -0.39 is 0 Å². The van der Waals surface area contributed by atoms with Gasteiger partial charge in [0.15, 0.2) is 0 Å². The van der Waals surface area contributed by atoms with Crippen LogP contribution in [0, 0.1) is 20.8 Å². The largest absolute Gasteiger partial charge is 0.340 e. The molecule has 1 aromatic rings. The molecule has 0 atom stereocenters. The van der Waals surface area contributed by atoms with Crippen LogP contribution < -0.4 is 10.1 Å². The van der Waals surface area contributed by atoms with Crippen LogP contribution in [0.4, 0.5) is 0 Å². The molecule has 0 aliphatic rings. The Labute approximate surface area is 85.0 Å². The molecular weight excluding hydrogens is 176 g/mol. The van der Waals surface area contributed by atoms with Gasteiger partial charge >= 0.3 is 5.56 Å². The van der Waals surface area contributed by atoms with Crippen molar-refractivity contribution in [2.75, 3.05) is 0 Å². The fourth-order valence-electron chi connectivity index (χ4n) is 1.90. The van der Waals surface area contributed by atoms with E-state index in [0.717, 1.165) is 17.1 Å². The van der Waals surface area contributed by atoms with Gasteiger partial charge in [-0.3, -0.25) is 0 Å². The van der Waals surface area contributed by atoms with E-state index in [9.17, 15) is 4.79 Å². The van der Waals surface area contributed by atoms with E-state index in [4.69, 9.17) is 0 Å². The van der Waals surface area contributed by atoms with Crippen LogP contribution in [0.2, 0.25) is 0 Å². The summed E-state index contributed by atoms with van der Waals surface area (Å²) in [5, 5.41) is 0. The van der Waals surface area contributed by atoms with Crippen LogP contribution in [-0.4, -0.2) is 4.57 Å². The summed E-state index contributed by atoms with van der Waals surface area (Å²) in [6.07, 6.45) is 0. The summed E-state index contributed by atoms with van der Waals surface area (Å²) in [7, 11) is 1.82. The topological polar surface area (TPSA) is 25.9 Å². The summed E-state index contributed by atoms with van der Waals surface area (Å²) in [4.78, 5) is 11.7. The molecule has 0 amide bonds. The maximum absolute atomic E-state index is 11.7. The molecule has 0 fully saturated rings. The molecule has 0 spiro atoms. The van der Waals surface area contributed by atoms with Gasteiger partial charge in [0, 0.05) is 6.92 Å². The van der Waals surface area contributed by atoms with Crippen LogP contribution in [0.1, 0.15) is 37.0 Å². The summed E-state index contributed by atoms with van der Waals surface area (Å²) < 4.78 is 3.90. The molecule has 0 N–H and O–H groups in total. The molecule has 1 rings (SSSR count). The molecule has 14 heavy (non-hydrogen) atoms. The smallest absolute Gasteiger partial charge is 0.241 e. The Hall–Kier alpha value is -1.12. The van der Waals surface area contributed by atoms with E-state index in [-0.39, 0.29) is 5.56 Å². The summed E-state index contributed by atoms with van der Waals surface area (Å²) in [5.41, 5.74) is 2.02. The molecule has 0 aliphatic heterocycles. The quantitative estimate of drug-likeness (QED) is 0.618. The lowest BCUT2D eigenvalue weighted by atomic mass is 10.2. The predicted octanol–water partition coefficient (Wildman–Crippen LogP) is 1.18. The zero-order valence-corrected chi connectivity index (χ0v) is 9.88. The molecule has 1 aromatic heterocycles. The van der Waals surface area contributed by atoms with Crippen LogP contribution in [0.15, 0.2) is 4.79 Å². The van der Waals surface area contributed by atoms with Crippen LogP contribution in [0.25, 0.3) is 0 Å². The van der Waals surface area contributed by atoms with Gasteiger partial charge < -0.3 is 0 Å². The van der Waals surface area contributed by atoms with Crippen LogP contribution in [-0.2, 0) is 7.05 Å². The molecule has 0 saturated heterocycles. The van der Waals surface area contributed by atoms with Crippen LogP contribution >= 0.6 is 0 Å². The van der Waals surface area contributed by atoms with Gasteiger partial charge in [-0.05, 0) is 27.7 Å². The number of hydrogen-bond acceptors (Lipinski definition) is 1. The summed E-state index contributed by atoms with van der Waals surface area (Å²) in [6.45, 7) is 10.1. The predicted molar refractivity (Wildman–Crippen MR) is 56.5 cm³/mol. The van der Waals surface area contributed by atoms with Gasteiger partial charge in [-0.1, -0.05) is 0 Å². The molecular formula is C11H19N2O+. The van der Waals surface area contributed by atoms with Crippen molar-refractivity contribution in [2.24, 2.45) is 7.05 Å². The third kappa shape index (κ3) is 1.47. The molecule has 3 heteroatoms. The van der Waals surface area contributed by atoms with Crippen molar-refractivity contribution in [3.63, 3.8) is 0 Å². The molecule has 1 heterocycles. The summed E-state index contributed by atoms with van der Waals surface area (Å²) in [5.74, 6) is 1.01. The van der Waals surface area contributed by atoms with Crippen LogP contribution in [0.3, 0.4) is 0 Å². The maximum Gasteiger partial charge on any atom is 0.340 e. The van der Waals surface area contributed by atoms with E-state index >= 15 is 0 Å². The Morgan fingerprint density at radius 3 is 2.14 bits per heavy atom. The first-order valence-electron chi connectivity index (χ1n) is 4.96. The molecule has 0 saturated carbocycles. The highest BCUT2D eigenvalue weighted by molar-refractivity contribution is 5.09. The average Bonchev–Trinajstić information content (AvgIpc) is 2.11. The third-order valence-electron chi connectivity index (χ3n) is 2.88. The summed E-state index contributed by atoms with van der Waals surface area (Å²) in [6, 6.07) is 0.389. The molecule has 0 radical (unpaired) electrons. The third-order valence-corrected chi connectivity index (χ3v) is 2.88. The second-order valence-electron chi connectivity index (χ2n) is 4.09. The first kappa shape index (κ1) is 11.0. The minimum Gasteiger partial charge on any atom is -0.241 e. The summed E-state index contributed by atoms with van der Waals surface area (Å²) >= 11 is 0. The molecule has 3 nitrogen and oxygen atoms in total. The van der Waals surface area contributed by atoms with Gasteiger partial charge in [0.25, 0.3) is 5.82 Å². The number of rotatable bonds is 1.